The van der Waals surface area contributed by atoms with Crippen molar-refractivity contribution in [1.82, 2.24) is 0 Å². The molecular weight excluding hydrogens is 246 g/mol. The molecule has 3 rings (SSSR count). The Morgan fingerprint density at radius 1 is 1.00 bits per heavy atom. The van der Waals surface area contributed by atoms with Gasteiger partial charge in [-0.2, -0.15) is 0 Å². The van der Waals surface area contributed by atoms with Gasteiger partial charge in [0.25, 0.3) is 0 Å². The normalized spacial score (nSPS) is 17.6. The molecule has 2 heteroatoms. The fourth-order valence-corrected chi connectivity index (χ4v) is 2.99. The standard InChI is InChI=1S/C18H19NO/c1-13(2)17-15-10-6-7-11-16(15)19(18(17)20)12-14-8-4-3-5-9-14/h3-11,13,17H,12H2,1-2H3. The molecule has 0 radical (unpaired) electrons. The zero-order valence-corrected chi connectivity index (χ0v) is 11.9. The predicted octanol–water partition coefficient (Wildman–Crippen LogP) is 3.97. The topological polar surface area (TPSA) is 20.3 Å². The van der Waals surface area contributed by atoms with Crippen LogP contribution >= 0.6 is 0 Å². The fourth-order valence-electron chi connectivity index (χ4n) is 2.99. The number of fused-ring (bicyclic) bond motifs is 1. The molecule has 0 aliphatic carbocycles. The van der Waals surface area contributed by atoms with Gasteiger partial charge in [0.15, 0.2) is 0 Å². The second-order valence-electron chi connectivity index (χ2n) is 5.69. The number of nitrogens with zero attached hydrogens (tertiary/aromatic N) is 1. The lowest BCUT2D eigenvalue weighted by atomic mass is 9.90. The average molecular weight is 265 g/mol. The molecule has 0 saturated carbocycles. The molecule has 1 aliphatic rings. The molecule has 0 N–H and O–H groups in total. The van der Waals surface area contributed by atoms with Crippen molar-refractivity contribution in [2.45, 2.75) is 26.3 Å². The Balaban J connectivity index is 1.98. The van der Waals surface area contributed by atoms with E-state index in [1.54, 1.807) is 0 Å². The molecule has 1 amide bonds. The zero-order chi connectivity index (χ0) is 14.1. The Hall–Kier alpha value is -2.09. The molecule has 0 aromatic heterocycles. The van der Waals surface area contributed by atoms with Gasteiger partial charge in [0.05, 0.1) is 12.5 Å². The highest BCUT2D eigenvalue weighted by molar-refractivity contribution is 6.05. The van der Waals surface area contributed by atoms with Gasteiger partial charge in [0, 0.05) is 5.69 Å². The van der Waals surface area contributed by atoms with Crippen molar-refractivity contribution in [2.75, 3.05) is 4.90 Å². The van der Waals surface area contributed by atoms with Gasteiger partial charge in [-0.25, -0.2) is 0 Å². The largest absolute Gasteiger partial charge is 0.307 e. The van der Waals surface area contributed by atoms with Gasteiger partial charge in [0.1, 0.15) is 0 Å². The summed E-state index contributed by atoms with van der Waals surface area (Å²) in [5.74, 6) is 0.546. The molecule has 102 valence electrons. The summed E-state index contributed by atoms with van der Waals surface area (Å²) in [5, 5.41) is 0. The first-order chi connectivity index (χ1) is 9.68. The smallest absolute Gasteiger partial charge is 0.235 e. The molecule has 0 spiro atoms. The van der Waals surface area contributed by atoms with Gasteiger partial charge >= 0.3 is 0 Å². The van der Waals surface area contributed by atoms with E-state index in [9.17, 15) is 4.79 Å². The van der Waals surface area contributed by atoms with Crippen LogP contribution in [0.2, 0.25) is 0 Å². The van der Waals surface area contributed by atoms with Gasteiger partial charge in [-0.05, 0) is 23.1 Å². The lowest BCUT2D eigenvalue weighted by molar-refractivity contribution is -0.120. The second kappa shape index (κ2) is 5.12. The van der Waals surface area contributed by atoms with Crippen molar-refractivity contribution in [3.63, 3.8) is 0 Å². The number of carbonyl (C=O) groups is 1. The minimum absolute atomic E-state index is 0.00471. The van der Waals surface area contributed by atoms with E-state index in [0.717, 1.165) is 5.69 Å². The number of rotatable bonds is 3. The molecule has 1 unspecified atom stereocenters. The summed E-state index contributed by atoms with van der Waals surface area (Å²) in [6, 6.07) is 18.3. The molecule has 2 aromatic rings. The molecule has 20 heavy (non-hydrogen) atoms. The third-order valence-electron chi connectivity index (χ3n) is 3.94. The van der Waals surface area contributed by atoms with Crippen LogP contribution in [0.25, 0.3) is 0 Å². The van der Waals surface area contributed by atoms with Crippen molar-refractivity contribution >= 4 is 11.6 Å². The van der Waals surface area contributed by atoms with Crippen LogP contribution in [0.1, 0.15) is 30.9 Å². The van der Waals surface area contributed by atoms with Crippen molar-refractivity contribution in [3.05, 3.63) is 65.7 Å². The molecule has 1 heterocycles. The highest BCUT2D eigenvalue weighted by atomic mass is 16.2. The maximum Gasteiger partial charge on any atom is 0.235 e. The number of amides is 1. The van der Waals surface area contributed by atoms with E-state index in [0.29, 0.717) is 12.5 Å². The quantitative estimate of drug-likeness (QED) is 0.822. The Labute approximate surface area is 120 Å². The van der Waals surface area contributed by atoms with E-state index in [1.807, 2.05) is 35.2 Å². The van der Waals surface area contributed by atoms with Crippen LogP contribution in [-0.4, -0.2) is 5.91 Å². The number of anilines is 1. The number of hydrogen-bond acceptors (Lipinski definition) is 1. The van der Waals surface area contributed by atoms with E-state index in [2.05, 4.69) is 38.1 Å². The van der Waals surface area contributed by atoms with E-state index in [4.69, 9.17) is 0 Å². The SMILES string of the molecule is CC(C)C1C(=O)N(Cc2ccccc2)c2ccccc21. The van der Waals surface area contributed by atoms with Crippen molar-refractivity contribution in [3.8, 4) is 0 Å². The summed E-state index contributed by atoms with van der Waals surface area (Å²) >= 11 is 0. The summed E-state index contributed by atoms with van der Waals surface area (Å²) in [7, 11) is 0. The molecule has 2 aromatic carbocycles. The number of carbonyl (C=O) groups excluding carboxylic acids is 1. The maximum atomic E-state index is 12.7. The Morgan fingerprint density at radius 2 is 1.65 bits per heavy atom. The molecule has 0 saturated heterocycles. The molecule has 0 fully saturated rings. The third-order valence-corrected chi connectivity index (χ3v) is 3.94. The first kappa shape index (κ1) is 12.9. The number of hydrogen-bond donors (Lipinski definition) is 0. The zero-order valence-electron chi connectivity index (χ0n) is 11.9. The average Bonchev–Trinajstić information content (AvgIpc) is 2.73. The summed E-state index contributed by atoms with van der Waals surface area (Å²) in [5.41, 5.74) is 3.41. The lowest BCUT2D eigenvalue weighted by Gasteiger charge is -2.19. The van der Waals surface area contributed by atoms with Crippen LogP contribution in [0.3, 0.4) is 0 Å². The van der Waals surface area contributed by atoms with Crippen LogP contribution in [0.4, 0.5) is 5.69 Å². The van der Waals surface area contributed by atoms with E-state index >= 15 is 0 Å². The van der Waals surface area contributed by atoms with Crippen LogP contribution in [-0.2, 0) is 11.3 Å². The van der Waals surface area contributed by atoms with Crippen LogP contribution in [0.5, 0.6) is 0 Å². The third kappa shape index (κ3) is 2.11. The second-order valence-corrected chi connectivity index (χ2v) is 5.69. The van der Waals surface area contributed by atoms with Gasteiger partial charge in [-0.15, -0.1) is 0 Å². The summed E-state index contributed by atoms with van der Waals surface area (Å²) in [6.07, 6.45) is 0. The number of para-hydroxylation sites is 1. The van der Waals surface area contributed by atoms with Crippen LogP contribution in [0, 0.1) is 5.92 Å². The predicted molar refractivity (Wildman–Crippen MR) is 81.7 cm³/mol. The minimum atomic E-state index is -0.00471. The molecule has 1 aliphatic heterocycles. The minimum Gasteiger partial charge on any atom is -0.307 e. The summed E-state index contributed by atoms with van der Waals surface area (Å²) in [6.45, 7) is 4.89. The highest BCUT2D eigenvalue weighted by Gasteiger charge is 2.38. The fraction of sp³-hybridized carbons (Fsp3) is 0.278. The molecule has 2 nitrogen and oxygen atoms in total. The Kier molecular flexibility index (Phi) is 3.31. The first-order valence-electron chi connectivity index (χ1n) is 7.12. The highest BCUT2D eigenvalue weighted by Crippen LogP contribution is 2.41. The summed E-state index contributed by atoms with van der Waals surface area (Å²) in [4.78, 5) is 14.7. The van der Waals surface area contributed by atoms with E-state index in [1.165, 1.54) is 11.1 Å². The van der Waals surface area contributed by atoms with Gasteiger partial charge in [-0.1, -0.05) is 62.4 Å². The number of benzene rings is 2. The van der Waals surface area contributed by atoms with E-state index in [-0.39, 0.29) is 11.8 Å². The van der Waals surface area contributed by atoms with Crippen LogP contribution in [0.15, 0.2) is 54.6 Å². The lowest BCUT2D eigenvalue weighted by Crippen LogP contribution is -2.29. The monoisotopic (exact) mass is 265 g/mol. The van der Waals surface area contributed by atoms with Gasteiger partial charge in [0.2, 0.25) is 5.91 Å². The molecular formula is C18H19NO. The van der Waals surface area contributed by atoms with Crippen molar-refractivity contribution in [1.29, 1.82) is 0 Å². The van der Waals surface area contributed by atoms with Gasteiger partial charge in [-0.3, -0.25) is 4.79 Å². The maximum absolute atomic E-state index is 12.7. The summed E-state index contributed by atoms with van der Waals surface area (Å²) < 4.78 is 0. The Morgan fingerprint density at radius 3 is 2.35 bits per heavy atom. The van der Waals surface area contributed by atoms with Crippen molar-refractivity contribution in [2.24, 2.45) is 5.92 Å². The van der Waals surface area contributed by atoms with Crippen LogP contribution < -0.4 is 4.90 Å². The van der Waals surface area contributed by atoms with Crippen molar-refractivity contribution < 1.29 is 4.79 Å². The molecule has 1 atom stereocenters. The molecule has 0 bridgehead atoms. The van der Waals surface area contributed by atoms with E-state index < -0.39 is 0 Å². The first-order valence-corrected chi connectivity index (χ1v) is 7.12. The van der Waals surface area contributed by atoms with Gasteiger partial charge < -0.3 is 4.90 Å². The Bertz CT molecular complexity index is 618.